The fourth-order valence-corrected chi connectivity index (χ4v) is 2.31. The van der Waals surface area contributed by atoms with Crippen LogP contribution in [-0.4, -0.2) is 39.9 Å². The first-order valence-corrected chi connectivity index (χ1v) is 4.98. The minimum atomic E-state index is -5.08. The molecular weight excluding hydrogens is 189 g/mol. The van der Waals surface area contributed by atoms with E-state index < -0.39 is 25.4 Å². The number of rotatable bonds is 2. The van der Waals surface area contributed by atoms with E-state index >= 15 is 0 Å². The van der Waals surface area contributed by atoms with E-state index in [1.807, 2.05) is 0 Å². The molecule has 1 fully saturated rings. The fourth-order valence-electron chi connectivity index (χ4n) is 0.813. The van der Waals surface area contributed by atoms with Gasteiger partial charge in [0, 0.05) is 0 Å². The van der Waals surface area contributed by atoms with Crippen molar-refractivity contribution in [2.45, 2.75) is 5.28 Å². The Hall–Kier alpha value is -0.300. The van der Waals surface area contributed by atoms with Crippen molar-refractivity contribution >= 4 is 13.5 Å². The molecule has 0 amide bonds. The van der Waals surface area contributed by atoms with Crippen molar-refractivity contribution < 1.29 is 28.7 Å². The maximum absolute atomic E-state index is 10.5. The van der Waals surface area contributed by atoms with Gasteiger partial charge in [-0.05, 0) is 0 Å². The van der Waals surface area contributed by atoms with Crippen LogP contribution in [0.2, 0.25) is 0 Å². The van der Waals surface area contributed by atoms with E-state index in [1.165, 1.54) is 0 Å². The molecule has 1 aliphatic rings. The Balaban J connectivity index is 3.05. The van der Waals surface area contributed by atoms with Crippen molar-refractivity contribution in [2.24, 2.45) is 5.73 Å². The molecule has 72 valence electrons. The average molecular weight is 199 g/mol. The molecule has 1 saturated heterocycles. The van der Waals surface area contributed by atoms with E-state index in [2.05, 4.69) is 9.05 Å². The van der Waals surface area contributed by atoms with E-state index in [1.54, 1.807) is 0 Å². The van der Waals surface area contributed by atoms with Gasteiger partial charge < -0.3 is 0 Å². The first-order valence-electron chi connectivity index (χ1n) is 3.01. The van der Waals surface area contributed by atoms with Crippen LogP contribution in [-0.2, 0) is 13.8 Å². The number of carboxylic acid groups (broad SMARTS) is 1. The summed E-state index contributed by atoms with van der Waals surface area (Å²) < 4.78 is 8.60. The van der Waals surface area contributed by atoms with Crippen molar-refractivity contribution in [3.8, 4) is 0 Å². The molecule has 0 aromatic rings. The maximum atomic E-state index is 10.5. The first-order chi connectivity index (χ1) is 5.25. The van der Waals surface area contributed by atoms with E-state index in [4.69, 9.17) is 10.8 Å². The van der Waals surface area contributed by atoms with Gasteiger partial charge in [0.05, 0.1) is 0 Å². The van der Waals surface area contributed by atoms with Crippen molar-refractivity contribution in [1.29, 1.82) is 0 Å². The van der Waals surface area contributed by atoms with E-state index in [0.717, 1.165) is 7.11 Å². The van der Waals surface area contributed by atoms with E-state index in [9.17, 15) is 14.6 Å². The van der Waals surface area contributed by atoms with Crippen LogP contribution < -0.4 is 5.73 Å². The van der Waals surface area contributed by atoms with Gasteiger partial charge in [-0.25, -0.2) is 0 Å². The van der Waals surface area contributed by atoms with Crippen LogP contribution in [0.5, 0.6) is 0 Å². The third-order valence-corrected chi connectivity index (χ3v) is 4.84. The zero-order valence-electron chi connectivity index (χ0n) is 6.30. The standard InChI is InChI=1S/C4H10NO6P/c1-10-12(8,9)4(5,2-11-12)3(6)7/h8-9H,2,5H2,1H3,(H,6,7). The van der Waals surface area contributed by atoms with Crippen LogP contribution >= 0.6 is 7.51 Å². The fraction of sp³-hybridized carbons (Fsp3) is 0.750. The topological polar surface area (TPSA) is 122 Å². The summed E-state index contributed by atoms with van der Waals surface area (Å²) in [5, 5.41) is 6.33. The molecule has 0 aromatic heterocycles. The summed E-state index contributed by atoms with van der Waals surface area (Å²) in [4.78, 5) is 29.1. The molecule has 1 aliphatic heterocycles. The van der Waals surface area contributed by atoms with Gasteiger partial charge in [-0.2, -0.15) is 0 Å². The van der Waals surface area contributed by atoms with Crippen molar-refractivity contribution in [1.82, 2.24) is 0 Å². The summed E-state index contributed by atoms with van der Waals surface area (Å²) in [5.74, 6) is -1.56. The van der Waals surface area contributed by atoms with Gasteiger partial charge in [-0.15, -0.1) is 0 Å². The van der Waals surface area contributed by atoms with Crippen LogP contribution in [0, 0.1) is 0 Å². The summed E-state index contributed by atoms with van der Waals surface area (Å²) in [6, 6.07) is 0. The molecule has 1 unspecified atom stereocenters. The predicted octanol–water partition coefficient (Wildman–Crippen LogP) is -1.40. The zero-order chi connectivity index (χ0) is 9.65. The molecule has 1 rings (SSSR count). The monoisotopic (exact) mass is 199 g/mol. The van der Waals surface area contributed by atoms with Gasteiger partial charge in [0.15, 0.2) is 0 Å². The zero-order valence-corrected chi connectivity index (χ0v) is 7.19. The third-order valence-electron chi connectivity index (χ3n) is 1.90. The van der Waals surface area contributed by atoms with E-state index in [-0.39, 0.29) is 0 Å². The molecular formula is C4H10NO6P. The van der Waals surface area contributed by atoms with Crippen molar-refractivity contribution in [2.75, 3.05) is 13.7 Å². The van der Waals surface area contributed by atoms with Crippen molar-refractivity contribution in [3.63, 3.8) is 0 Å². The summed E-state index contributed by atoms with van der Waals surface area (Å²) in [5.41, 5.74) is 5.18. The summed E-state index contributed by atoms with van der Waals surface area (Å²) in [6.07, 6.45) is 0. The van der Waals surface area contributed by atoms with Crippen LogP contribution in [0.25, 0.3) is 0 Å². The minimum absolute atomic E-state index is 0.471. The first kappa shape index (κ1) is 9.79. The molecule has 0 aliphatic carbocycles. The Labute approximate surface area is 68.0 Å². The Morgan fingerprint density at radius 1 is 1.75 bits per heavy atom. The van der Waals surface area contributed by atoms with Gasteiger partial charge in [-0.3, -0.25) is 0 Å². The van der Waals surface area contributed by atoms with Gasteiger partial charge in [0.1, 0.15) is 0 Å². The quantitative estimate of drug-likeness (QED) is 0.403. The second-order valence-corrected chi connectivity index (χ2v) is 5.73. The number of hydrogen-bond donors (Lipinski definition) is 4. The van der Waals surface area contributed by atoms with E-state index in [0.29, 0.717) is 0 Å². The van der Waals surface area contributed by atoms with Crippen molar-refractivity contribution in [3.05, 3.63) is 0 Å². The van der Waals surface area contributed by atoms with Crippen LogP contribution in [0.15, 0.2) is 0 Å². The Morgan fingerprint density at radius 3 is 2.33 bits per heavy atom. The molecule has 1 heterocycles. The molecule has 0 radical (unpaired) electrons. The second kappa shape index (κ2) is 2.14. The molecule has 0 bridgehead atoms. The summed E-state index contributed by atoms with van der Waals surface area (Å²) in [7, 11) is -4.14. The third kappa shape index (κ3) is 0.832. The molecule has 12 heavy (non-hydrogen) atoms. The Kier molecular flexibility index (Phi) is 1.74. The SMILES string of the molecule is COP1(O)(O)OCC1(N)C(=O)O. The molecule has 0 aromatic carbocycles. The number of carboxylic acids is 1. The average Bonchev–Trinajstić information content (AvgIpc) is 2.01. The predicted molar refractivity (Wildman–Crippen MR) is 38.9 cm³/mol. The van der Waals surface area contributed by atoms with Crippen LogP contribution in [0.1, 0.15) is 0 Å². The van der Waals surface area contributed by atoms with Gasteiger partial charge in [-0.1, -0.05) is 0 Å². The molecule has 1 atom stereocenters. The summed E-state index contributed by atoms with van der Waals surface area (Å²) >= 11 is 0. The Morgan fingerprint density at radius 2 is 2.25 bits per heavy atom. The second-order valence-electron chi connectivity index (χ2n) is 2.56. The molecule has 0 saturated carbocycles. The number of carbonyl (C=O) groups is 1. The normalized spacial score (nSPS) is 40.5. The van der Waals surface area contributed by atoms with Gasteiger partial charge in [0.25, 0.3) is 0 Å². The number of hydrogen-bond acceptors (Lipinski definition) is 6. The molecule has 8 heteroatoms. The van der Waals surface area contributed by atoms with Gasteiger partial charge >= 0.3 is 66.9 Å². The number of nitrogens with two attached hydrogens (primary N) is 1. The summed E-state index contributed by atoms with van der Waals surface area (Å²) in [6.45, 7) is -0.471. The van der Waals surface area contributed by atoms with Gasteiger partial charge in [0.2, 0.25) is 0 Å². The molecule has 7 nitrogen and oxygen atoms in total. The number of aliphatic carboxylic acids is 1. The molecule has 0 spiro atoms. The van der Waals surface area contributed by atoms with Crippen LogP contribution in [0.3, 0.4) is 0 Å². The molecule has 5 N–H and O–H groups in total. The Bertz CT molecular complexity index is 236. The van der Waals surface area contributed by atoms with Crippen LogP contribution in [0.4, 0.5) is 0 Å².